The first-order valence-corrected chi connectivity index (χ1v) is 9.23. The lowest BCUT2D eigenvalue weighted by atomic mass is 10.1. The van der Waals surface area contributed by atoms with Crippen molar-refractivity contribution in [2.24, 2.45) is 4.99 Å². The lowest BCUT2D eigenvalue weighted by molar-refractivity contribution is -0.0447. The van der Waals surface area contributed by atoms with Crippen LogP contribution in [0.3, 0.4) is 0 Å². The van der Waals surface area contributed by atoms with Crippen LogP contribution in [0.25, 0.3) is 0 Å². The lowest BCUT2D eigenvalue weighted by Crippen LogP contribution is -2.51. The topological polar surface area (TPSA) is 64.6 Å². The predicted molar refractivity (Wildman–Crippen MR) is 101 cm³/mol. The third-order valence-electron chi connectivity index (χ3n) is 4.36. The van der Waals surface area contributed by atoms with E-state index in [1.807, 2.05) is 12.1 Å². The number of benzene rings is 1. The molecule has 1 fully saturated rings. The minimum atomic E-state index is 0.0731. The Hall–Kier alpha value is -1.70. The molecule has 1 atom stereocenters. The van der Waals surface area contributed by atoms with Crippen molar-refractivity contribution >= 4 is 17.6 Å². The summed E-state index contributed by atoms with van der Waals surface area (Å²) in [7, 11) is 3.48. The molecule has 0 aromatic heterocycles. The summed E-state index contributed by atoms with van der Waals surface area (Å²) in [5, 5.41) is 4.01. The Morgan fingerprint density at radius 2 is 2.19 bits per heavy atom. The fraction of sp³-hybridized carbons (Fsp3) is 0.611. The molecule has 0 spiro atoms. The monoisotopic (exact) mass is 383 g/mol. The summed E-state index contributed by atoms with van der Waals surface area (Å²) in [6.07, 6.45) is 0.880. The molecule has 1 unspecified atom stereocenters. The standard InChI is InChI=1S/C18H26ClN3O4/c1-20-18(22-5-6-24-14(11-22)12-23-2)21-4-3-13-9-15(19)17-16(10-13)25-7-8-26-17/h9-10,14H,3-8,11-12H2,1-2H3,(H,20,21). The Morgan fingerprint density at radius 3 is 3.00 bits per heavy atom. The van der Waals surface area contributed by atoms with E-state index < -0.39 is 0 Å². The van der Waals surface area contributed by atoms with Gasteiger partial charge in [0.15, 0.2) is 17.5 Å². The number of morpholine rings is 1. The highest BCUT2D eigenvalue weighted by Crippen LogP contribution is 2.38. The molecule has 1 aromatic carbocycles. The maximum absolute atomic E-state index is 6.30. The molecule has 144 valence electrons. The van der Waals surface area contributed by atoms with Crippen molar-refractivity contribution < 1.29 is 18.9 Å². The Morgan fingerprint density at radius 1 is 1.35 bits per heavy atom. The second-order valence-corrected chi connectivity index (χ2v) is 6.63. The number of ether oxygens (including phenoxy) is 4. The van der Waals surface area contributed by atoms with Gasteiger partial charge >= 0.3 is 0 Å². The zero-order valence-electron chi connectivity index (χ0n) is 15.3. The zero-order chi connectivity index (χ0) is 18.4. The maximum Gasteiger partial charge on any atom is 0.193 e. The fourth-order valence-electron chi connectivity index (χ4n) is 3.16. The molecule has 3 rings (SSSR count). The van der Waals surface area contributed by atoms with E-state index in [1.165, 1.54) is 0 Å². The molecule has 2 heterocycles. The summed E-state index contributed by atoms with van der Waals surface area (Å²) >= 11 is 6.30. The molecule has 1 saturated heterocycles. The number of fused-ring (bicyclic) bond motifs is 1. The highest BCUT2D eigenvalue weighted by molar-refractivity contribution is 6.32. The Kier molecular flexibility index (Phi) is 6.82. The van der Waals surface area contributed by atoms with Crippen molar-refractivity contribution in [1.29, 1.82) is 0 Å². The van der Waals surface area contributed by atoms with Crippen molar-refractivity contribution in [3.63, 3.8) is 0 Å². The highest BCUT2D eigenvalue weighted by atomic mass is 35.5. The quantitative estimate of drug-likeness (QED) is 0.615. The van der Waals surface area contributed by atoms with Crippen LogP contribution < -0.4 is 14.8 Å². The Balaban J connectivity index is 1.54. The largest absolute Gasteiger partial charge is 0.486 e. The minimum absolute atomic E-state index is 0.0731. The summed E-state index contributed by atoms with van der Waals surface area (Å²) in [4.78, 5) is 6.59. The van der Waals surface area contributed by atoms with Gasteiger partial charge in [0.05, 0.1) is 24.3 Å². The number of aliphatic imine (C=N–C) groups is 1. The van der Waals surface area contributed by atoms with Gasteiger partial charge in [-0.15, -0.1) is 0 Å². The first kappa shape index (κ1) is 19.1. The number of guanidine groups is 1. The van der Waals surface area contributed by atoms with Crippen LogP contribution in [0.5, 0.6) is 11.5 Å². The minimum Gasteiger partial charge on any atom is -0.486 e. The van der Waals surface area contributed by atoms with E-state index in [0.717, 1.165) is 43.3 Å². The van der Waals surface area contributed by atoms with Gasteiger partial charge in [-0.25, -0.2) is 0 Å². The van der Waals surface area contributed by atoms with Crippen LogP contribution in [-0.2, 0) is 15.9 Å². The molecular formula is C18H26ClN3O4. The number of rotatable bonds is 5. The number of halogens is 1. The van der Waals surface area contributed by atoms with Crippen molar-refractivity contribution in [2.45, 2.75) is 12.5 Å². The molecular weight excluding hydrogens is 358 g/mol. The van der Waals surface area contributed by atoms with Crippen molar-refractivity contribution in [2.75, 3.05) is 60.2 Å². The molecule has 0 bridgehead atoms. The predicted octanol–water partition coefficient (Wildman–Crippen LogP) is 1.58. The zero-order valence-corrected chi connectivity index (χ0v) is 16.1. The summed E-state index contributed by atoms with van der Waals surface area (Å²) in [6, 6.07) is 3.93. The van der Waals surface area contributed by atoms with Crippen molar-refractivity contribution in [1.82, 2.24) is 10.2 Å². The fourth-order valence-corrected chi connectivity index (χ4v) is 3.45. The highest BCUT2D eigenvalue weighted by Gasteiger charge is 2.22. The van der Waals surface area contributed by atoms with Gasteiger partial charge in [-0.3, -0.25) is 4.99 Å². The average molecular weight is 384 g/mol. The van der Waals surface area contributed by atoms with Crippen LogP contribution in [0.2, 0.25) is 5.02 Å². The van der Waals surface area contributed by atoms with E-state index >= 15 is 0 Å². The molecule has 0 amide bonds. The van der Waals surface area contributed by atoms with E-state index in [2.05, 4.69) is 15.2 Å². The normalized spacial score (nSPS) is 20.2. The molecule has 2 aliphatic rings. The number of nitrogens with zero attached hydrogens (tertiary/aromatic N) is 2. The van der Waals surface area contributed by atoms with Crippen LogP contribution in [0, 0.1) is 0 Å². The van der Waals surface area contributed by atoms with Crippen LogP contribution in [0.4, 0.5) is 0 Å². The second-order valence-electron chi connectivity index (χ2n) is 6.22. The van der Waals surface area contributed by atoms with Gasteiger partial charge in [0, 0.05) is 33.8 Å². The van der Waals surface area contributed by atoms with E-state index in [9.17, 15) is 0 Å². The molecule has 0 aliphatic carbocycles. The van der Waals surface area contributed by atoms with Crippen LogP contribution in [0.1, 0.15) is 5.56 Å². The van der Waals surface area contributed by atoms with Gasteiger partial charge in [-0.1, -0.05) is 11.6 Å². The van der Waals surface area contributed by atoms with Crippen molar-refractivity contribution in [3.8, 4) is 11.5 Å². The van der Waals surface area contributed by atoms with Crippen LogP contribution in [-0.4, -0.2) is 77.2 Å². The summed E-state index contributed by atoms with van der Waals surface area (Å²) in [5.74, 6) is 2.24. The van der Waals surface area contributed by atoms with E-state index in [-0.39, 0.29) is 6.10 Å². The lowest BCUT2D eigenvalue weighted by Gasteiger charge is -2.34. The average Bonchev–Trinajstić information content (AvgIpc) is 2.66. The number of nitrogens with one attached hydrogen (secondary N) is 1. The maximum atomic E-state index is 6.30. The molecule has 8 heteroatoms. The first-order chi connectivity index (χ1) is 12.7. The second kappa shape index (κ2) is 9.30. The number of hydrogen-bond donors (Lipinski definition) is 1. The van der Waals surface area contributed by atoms with Gasteiger partial charge < -0.3 is 29.2 Å². The van der Waals surface area contributed by atoms with Gasteiger partial charge in [0.25, 0.3) is 0 Å². The molecule has 1 aromatic rings. The van der Waals surface area contributed by atoms with Gasteiger partial charge in [0.1, 0.15) is 13.2 Å². The Bertz CT molecular complexity index is 639. The third-order valence-corrected chi connectivity index (χ3v) is 4.64. The van der Waals surface area contributed by atoms with E-state index in [0.29, 0.717) is 37.2 Å². The van der Waals surface area contributed by atoms with Gasteiger partial charge in [-0.2, -0.15) is 0 Å². The van der Waals surface area contributed by atoms with Gasteiger partial charge in [-0.05, 0) is 24.1 Å². The molecule has 1 N–H and O–H groups in total. The summed E-state index contributed by atoms with van der Waals surface area (Å²) in [6.45, 7) is 4.68. The first-order valence-electron chi connectivity index (χ1n) is 8.85. The van der Waals surface area contributed by atoms with Crippen molar-refractivity contribution in [3.05, 3.63) is 22.7 Å². The Labute approximate surface area is 159 Å². The molecule has 26 heavy (non-hydrogen) atoms. The van der Waals surface area contributed by atoms with Crippen LogP contribution >= 0.6 is 11.6 Å². The summed E-state index contributed by atoms with van der Waals surface area (Å²) < 4.78 is 22.1. The van der Waals surface area contributed by atoms with Gasteiger partial charge in [0.2, 0.25) is 0 Å². The molecule has 2 aliphatic heterocycles. The smallest absolute Gasteiger partial charge is 0.193 e. The number of methoxy groups -OCH3 is 1. The number of hydrogen-bond acceptors (Lipinski definition) is 5. The molecule has 0 radical (unpaired) electrons. The SMILES string of the molecule is CN=C(NCCc1cc(Cl)c2c(c1)OCCO2)N1CCOC(COC)C1. The van der Waals surface area contributed by atoms with E-state index in [1.54, 1.807) is 14.2 Å². The van der Waals surface area contributed by atoms with Crippen LogP contribution in [0.15, 0.2) is 17.1 Å². The molecule has 7 nitrogen and oxygen atoms in total. The van der Waals surface area contributed by atoms with E-state index in [4.69, 9.17) is 30.5 Å². The third kappa shape index (κ3) is 4.72. The molecule has 0 saturated carbocycles. The summed E-state index contributed by atoms with van der Waals surface area (Å²) in [5.41, 5.74) is 1.10.